The van der Waals surface area contributed by atoms with Crippen LogP contribution in [0.15, 0.2) is 60.8 Å². The highest BCUT2D eigenvalue weighted by molar-refractivity contribution is 5.94. The molecule has 0 unspecified atom stereocenters. The van der Waals surface area contributed by atoms with Crippen molar-refractivity contribution in [1.29, 1.82) is 0 Å². The summed E-state index contributed by atoms with van der Waals surface area (Å²) in [5.74, 6) is -0.419. The molecule has 0 bridgehead atoms. The predicted molar refractivity (Wildman–Crippen MR) is 123 cm³/mol. The molecule has 1 atom stereocenters. The number of aromatic nitrogens is 1. The SMILES string of the molecule is CC(=O)N[C@H](Cc1c[nH]c2ccccc12)C(=O)NC1CCN(C(=O)c2ccccc2)CC1. The second kappa shape index (κ2) is 9.68. The molecule has 1 aromatic heterocycles. The highest BCUT2D eigenvalue weighted by atomic mass is 16.2. The number of piperidine rings is 1. The van der Waals surface area contributed by atoms with Crippen LogP contribution in [0.5, 0.6) is 0 Å². The van der Waals surface area contributed by atoms with Gasteiger partial charge in [-0.05, 0) is 36.6 Å². The minimum atomic E-state index is -0.657. The lowest BCUT2D eigenvalue weighted by molar-refractivity contribution is -0.128. The van der Waals surface area contributed by atoms with Gasteiger partial charge in [0.2, 0.25) is 11.8 Å². The molecule has 1 aliphatic heterocycles. The Morgan fingerprint density at radius 3 is 2.44 bits per heavy atom. The zero-order valence-electron chi connectivity index (χ0n) is 18.1. The molecule has 2 aromatic carbocycles. The van der Waals surface area contributed by atoms with E-state index in [1.54, 1.807) is 0 Å². The number of fused-ring (bicyclic) bond motifs is 1. The molecule has 7 heteroatoms. The molecule has 0 spiro atoms. The van der Waals surface area contributed by atoms with Gasteiger partial charge in [-0.2, -0.15) is 0 Å². The van der Waals surface area contributed by atoms with Crippen LogP contribution in [-0.2, 0) is 16.0 Å². The number of rotatable bonds is 6. The third-order valence-electron chi connectivity index (χ3n) is 5.94. The van der Waals surface area contributed by atoms with Crippen LogP contribution < -0.4 is 10.6 Å². The number of benzene rings is 2. The minimum Gasteiger partial charge on any atom is -0.361 e. The fourth-order valence-corrected chi connectivity index (χ4v) is 4.27. The van der Waals surface area contributed by atoms with Crippen molar-refractivity contribution >= 4 is 28.6 Å². The van der Waals surface area contributed by atoms with Crippen molar-refractivity contribution in [3.63, 3.8) is 0 Å². The van der Waals surface area contributed by atoms with Crippen LogP contribution >= 0.6 is 0 Å². The molecule has 3 N–H and O–H groups in total. The molecule has 3 amide bonds. The second-order valence-corrected chi connectivity index (χ2v) is 8.26. The Balaban J connectivity index is 1.36. The fraction of sp³-hybridized carbons (Fsp3) is 0.320. The highest BCUT2D eigenvalue weighted by Gasteiger charge is 2.28. The maximum absolute atomic E-state index is 13.0. The molecule has 2 heterocycles. The van der Waals surface area contributed by atoms with Crippen LogP contribution in [-0.4, -0.2) is 52.8 Å². The summed E-state index contributed by atoms with van der Waals surface area (Å²) in [5.41, 5.74) is 2.66. The van der Waals surface area contributed by atoms with Crippen LogP contribution in [0.3, 0.4) is 0 Å². The number of hydrogen-bond donors (Lipinski definition) is 3. The van der Waals surface area contributed by atoms with Gasteiger partial charge in [0.15, 0.2) is 0 Å². The summed E-state index contributed by atoms with van der Waals surface area (Å²) >= 11 is 0. The Kier molecular flexibility index (Phi) is 6.54. The van der Waals surface area contributed by atoms with Gasteiger partial charge in [0, 0.05) is 55.1 Å². The third kappa shape index (κ3) is 4.99. The van der Waals surface area contributed by atoms with Crippen molar-refractivity contribution in [2.45, 2.75) is 38.3 Å². The molecule has 4 rings (SSSR count). The van der Waals surface area contributed by atoms with Gasteiger partial charge in [-0.15, -0.1) is 0 Å². The molecule has 1 saturated heterocycles. The van der Waals surface area contributed by atoms with E-state index >= 15 is 0 Å². The number of amides is 3. The van der Waals surface area contributed by atoms with E-state index in [-0.39, 0.29) is 23.8 Å². The van der Waals surface area contributed by atoms with Gasteiger partial charge in [-0.25, -0.2) is 0 Å². The maximum Gasteiger partial charge on any atom is 0.253 e. The van der Waals surface area contributed by atoms with Crippen molar-refractivity contribution in [2.24, 2.45) is 0 Å². The van der Waals surface area contributed by atoms with Crippen molar-refractivity contribution in [2.75, 3.05) is 13.1 Å². The molecule has 7 nitrogen and oxygen atoms in total. The molecule has 1 fully saturated rings. The monoisotopic (exact) mass is 432 g/mol. The van der Waals surface area contributed by atoms with Crippen LogP contribution in [0.1, 0.15) is 35.7 Å². The van der Waals surface area contributed by atoms with E-state index in [1.807, 2.05) is 65.7 Å². The number of carbonyl (C=O) groups is 3. The molecule has 0 aliphatic carbocycles. The normalized spacial score (nSPS) is 15.3. The summed E-state index contributed by atoms with van der Waals surface area (Å²) in [4.78, 5) is 42.5. The summed E-state index contributed by atoms with van der Waals surface area (Å²) in [6.45, 7) is 2.60. The average molecular weight is 433 g/mol. The molecule has 3 aromatic rings. The van der Waals surface area contributed by atoms with E-state index in [4.69, 9.17) is 0 Å². The first kappa shape index (κ1) is 21.6. The topological polar surface area (TPSA) is 94.3 Å². The van der Waals surface area contributed by atoms with Gasteiger partial charge in [0.1, 0.15) is 6.04 Å². The largest absolute Gasteiger partial charge is 0.361 e. The first-order valence-corrected chi connectivity index (χ1v) is 11.0. The van der Waals surface area contributed by atoms with E-state index < -0.39 is 6.04 Å². The van der Waals surface area contributed by atoms with Crippen LogP contribution in [0, 0.1) is 0 Å². The molecular weight excluding hydrogens is 404 g/mol. The maximum atomic E-state index is 13.0. The Morgan fingerprint density at radius 1 is 1.03 bits per heavy atom. The average Bonchev–Trinajstić information content (AvgIpc) is 3.22. The van der Waals surface area contributed by atoms with Crippen LogP contribution in [0.2, 0.25) is 0 Å². The van der Waals surface area contributed by atoms with E-state index in [0.29, 0.717) is 37.9 Å². The number of aromatic amines is 1. The molecule has 0 saturated carbocycles. The number of likely N-dealkylation sites (tertiary alicyclic amines) is 1. The number of hydrogen-bond acceptors (Lipinski definition) is 3. The molecular formula is C25H28N4O3. The van der Waals surface area contributed by atoms with E-state index in [0.717, 1.165) is 16.5 Å². The van der Waals surface area contributed by atoms with Gasteiger partial charge in [0.25, 0.3) is 5.91 Å². The van der Waals surface area contributed by atoms with Gasteiger partial charge >= 0.3 is 0 Å². The first-order chi connectivity index (χ1) is 15.5. The Labute approximate surface area is 187 Å². The van der Waals surface area contributed by atoms with Crippen molar-refractivity contribution in [1.82, 2.24) is 20.5 Å². The van der Waals surface area contributed by atoms with E-state index in [1.165, 1.54) is 6.92 Å². The number of nitrogens with one attached hydrogen (secondary N) is 3. The van der Waals surface area contributed by atoms with E-state index in [9.17, 15) is 14.4 Å². The number of carbonyl (C=O) groups excluding carboxylic acids is 3. The number of para-hydroxylation sites is 1. The van der Waals surface area contributed by atoms with Crippen molar-refractivity contribution < 1.29 is 14.4 Å². The molecule has 32 heavy (non-hydrogen) atoms. The van der Waals surface area contributed by atoms with Crippen LogP contribution in [0.25, 0.3) is 10.9 Å². The summed E-state index contributed by atoms with van der Waals surface area (Å²) in [6.07, 6.45) is 3.66. The number of H-pyrrole nitrogens is 1. The molecule has 1 aliphatic rings. The lowest BCUT2D eigenvalue weighted by Crippen LogP contribution is -2.53. The van der Waals surface area contributed by atoms with E-state index in [2.05, 4.69) is 15.6 Å². The summed E-state index contributed by atoms with van der Waals surface area (Å²) in [6, 6.07) is 16.5. The Morgan fingerprint density at radius 2 is 1.72 bits per heavy atom. The van der Waals surface area contributed by atoms with Crippen molar-refractivity contribution in [3.05, 3.63) is 71.9 Å². The highest BCUT2D eigenvalue weighted by Crippen LogP contribution is 2.20. The van der Waals surface area contributed by atoms with Gasteiger partial charge in [-0.1, -0.05) is 36.4 Å². The third-order valence-corrected chi connectivity index (χ3v) is 5.94. The van der Waals surface area contributed by atoms with Gasteiger partial charge in [-0.3, -0.25) is 14.4 Å². The van der Waals surface area contributed by atoms with Gasteiger partial charge < -0.3 is 20.5 Å². The van der Waals surface area contributed by atoms with Crippen molar-refractivity contribution in [3.8, 4) is 0 Å². The second-order valence-electron chi connectivity index (χ2n) is 8.26. The minimum absolute atomic E-state index is 0.0193. The summed E-state index contributed by atoms with van der Waals surface area (Å²) < 4.78 is 0. The quantitative estimate of drug-likeness (QED) is 0.559. The standard InChI is InChI=1S/C25H28N4O3/c1-17(30)27-23(15-19-16-26-22-10-6-5-9-21(19)22)24(31)28-20-11-13-29(14-12-20)25(32)18-7-3-2-4-8-18/h2-10,16,20,23,26H,11-15H2,1H3,(H,27,30)(H,28,31)/t23-/m1/s1. The lowest BCUT2D eigenvalue weighted by Gasteiger charge is -2.33. The summed E-state index contributed by atoms with van der Waals surface area (Å²) in [5, 5.41) is 6.92. The van der Waals surface area contributed by atoms with Gasteiger partial charge in [0.05, 0.1) is 0 Å². The molecule has 0 radical (unpaired) electrons. The zero-order valence-corrected chi connectivity index (χ0v) is 18.1. The number of nitrogens with zero attached hydrogens (tertiary/aromatic N) is 1. The smallest absolute Gasteiger partial charge is 0.253 e. The Hall–Kier alpha value is -3.61. The predicted octanol–water partition coefficient (Wildman–Crippen LogP) is 2.64. The fourth-order valence-electron chi connectivity index (χ4n) is 4.27. The van der Waals surface area contributed by atoms with Crippen LogP contribution in [0.4, 0.5) is 0 Å². The lowest BCUT2D eigenvalue weighted by atomic mass is 10.0. The zero-order chi connectivity index (χ0) is 22.5. The molecule has 166 valence electrons. The Bertz CT molecular complexity index is 1100. The first-order valence-electron chi connectivity index (χ1n) is 11.0. The summed E-state index contributed by atoms with van der Waals surface area (Å²) in [7, 11) is 0.